The maximum Gasteiger partial charge on any atom is 0.334 e. The molecule has 0 unspecified atom stereocenters. The number of nitrogens with zero attached hydrogens (tertiary/aromatic N) is 3. The normalized spacial score (nSPS) is 17.2. The van der Waals surface area contributed by atoms with Crippen LogP contribution in [0.2, 0.25) is 0 Å². The van der Waals surface area contributed by atoms with Gasteiger partial charge in [-0.05, 0) is 6.42 Å². The Hall–Kier alpha value is -1.85. The molecule has 1 aliphatic heterocycles. The molecule has 1 fully saturated rings. The second-order valence-corrected chi connectivity index (χ2v) is 4.19. The summed E-state index contributed by atoms with van der Waals surface area (Å²) < 4.78 is 0. The molecule has 0 aromatic heterocycles. The molecule has 6 nitrogen and oxygen atoms in total. The molecular weight excluding hydrogens is 234 g/mol. The predicted octanol–water partition coefficient (Wildman–Crippen LogP) is 1.29. The summed E-state index contributed by atoms with van der Waals surface area (Å²) in [6.45, 7) is 6.04. The Bertz CT molecular complexity index is 368. The summed E-state index contributed by atoms with van der Waals surface area (Å²) in [5.41, 5.74) is 0. The highest BCUT2D eigenvalue weighted by atomic mass is 16.2. The van der Waals surface area contributed by atoms with Crippen molar-refractivity contribution in [1.29, 1.82) is 0 Å². The van der Waals surface area contributed by atoms with Crippen LogP contribution in [0.25, 0.3) is 0 Å². The second kappa shape index (κ2) is 6.18. The monoisotopic (exact) mass is 253 g/mol. The third kappa shape index (κ3) is 2.88. The average Bonchev–Trinajstić information content (AvgIpc) is 2.42. The molecule has 0 aliphatic carbocycles. The van der Waals surface area contributed by atoms with Crippen molar-refractivity contribution in [1.82, 2.24) is 14.7 Å². The van der Waals surface area contributed by atoms with Crippen LogP contribution in [-0.4, -0.2) is 59.4 Å². The summed E-state index contributed by atoms with van der Waals surface area (Å²) in [6, 6.07) is -1.02. The highest BCUT2D eigenvalue weighted by Crippen LogP contribution is 2.10. The molecule has 1 rings (SSSR count). The largest absolute Gasteiger partial charge is 0.334 e. The molecule has 0 bridgehead atoms. The lowest BCUT2D eigenvalue weighted by atomic mass is 10.3. The molecule has 5 amide bonds. The first-order valence-electron chi connectivity index (χ1n) is 6.00. The van der Waals surface area contributed by atoms with Crippen molar-refractivity contribution in [3.8, 4) is 0 Å². The van der Waals surface area contributed by atoms with Gasteiger partial charge in [-0.3, -0.25) is 9.69 Å². The van der Waals surface area contributed by atoms with Crippen LogP contribution in [0.4, 0.5) is 9.59 Å². The van der Waals surface area contributed by atoms with Crippen LogP contribution in [-0.2, 0) is 4.79 Å². The Balaban J connectivity index is 2.91. The van der Waals surface area contributed by atoms with Gasteiger partial charge in [-0.1, -0.05) is 19.4 Å². The fourth-order valence-electron chi connectivity index (χ4n) is 1.73. The van der Waals surface area contributed by atoms with Gasteiger partial charge in [0.15, 0.2) is 0 Å². The summed E-state index contributed by atoms with van der Waals surface area (Å²) in [5.74, 6) is -0.340. The van der Waals surface area contributed by atoms with E-state index in [1.165, 1.54) is 18.0 Å². The number of unbranched alkanes of at least 4 members (excludes halogenated alkanes) is 1. The van der Waals surface area contributed by atoms with Crippen molar-refractivity contribution in [3.05, 3.63) is 12.7 Å². The molecule has 0 saturated carbocycles. The predicted molar refractivity (Wildman–Crippen MR) is 66.9 cm³/mol. The third-order valence-electron chi connectivity index (χ3n) is 2.79. The second-order valence-electron chi connectivity index (χ2n) is 4.19. The van der Waals surface area contributed by atoms with Gasteiger partial charge in [-0.2, -0.15) is 0 Å². The summed E-state index contributed by atoms with van der Waals surface area (Å²) in [5, 5.41) is 0. The van der Waals surface area contributed by atoms with Gasteiger partial charge in [0.1, 0.15) is 6.54 Å². The maximum absolute atomic E-state index is 12.0. The van der Waals surface area contributed by atoms with E-state index in [-0.39, 0.29) is 19.0 Å². The zero-order valence-corrected chi connectivity index (χ0v) is 10.9. The summed E-state index contributed by atoms with van der Waals surface area (Å²) >= 11 is 0. The topological polar surface area (TPSA) is 60.9 Å². The van der Waals surface area contributed by atoms with Gasteiger partial charge in [-0.25, -0.2) is 14.5 Å². The lowest BCUT2D eigenvalue weighted by Crippen LogP contribution is -2.45. The van der Waals surface area contributed by atoms with E-state index in [0.717, 1.165) is 22.6 Å². The van der Waals surface area contributed by atoms with Gasteiger partial charge in [0.2, 0.25) is 5.91 Å². The molecule has 0 spiro atoms. The lowest BCUT2D eigenvalue weighted by molar-refractivity contribution is -0.128. The van der Waals surface area contributed by atoms with Crippen LogP contribution < -0.4 is 0 Å². The van der Waals surface area contributed by atoms with E-state index >= 15 is 0 Å². The van der Waals surface area contributed by atoms with Gasteiger partial charge in [0.25, 0.3) is 0 Å². The average molecular weight is 253 g/mol. The van der Waals surface area contributed by atoms with Crippen molar-refractivity contribution in [2.24, 2.45) is 0 Å². The van der Waals surface area contributed by atoms with Crippen LogP contribution in [0.15, 0.2) is 12.7 Å². The van der Waals surface area contributed by atoms with Crippen LogP contribution in [0.5, 0.6) is 0 Å². The number of hydrogen-bond acceptors (Lipinski definition) is 3. The minimum atomic E-state index is -0.551. The first-order valence-corrected chi connectivity index (χ1v) is 6.00. The molecule has 0 aromatic rings. The number of imide groups is 2. The van der Waals surface area contributed by atoms with E-state index in [1.807, 2.05) is 6.92 Å². The molecule has 1 aliphatic rings. The molecule has 0 aromatic carbocycles. The highest BCUT2D eigenvalue weighted by molar-refractivity contribution is 6.05. The highest BCUT2D eigenvalue weighted by Gasteiger charge is 2.35. The minimum absolute atomic E-state index is 0.0787. The maximum atomic E-state index is 12.0. The number of carbonyl (C=O) groups is 3. The van der Waals surface area contributed by atoms with Crippen molar-refractivity contribution < 1.29 is 14.4 Å². The molecule has 0 N–H and O–H groups in total. The SMILES string of the molecule is C=CCN1CC(=O)N(CCCC)C(=O)N(C)C1=O. The fraction of sp³-hybridized carbons (Fsp3) is 0.583. The van der Waals surface area contributed by atoms with E-state index in [9.17, 15) is 14.4 Å². The van der Waals surface area contributed by atoms with E-state index in [4.69, 9.17) is 0 Å². The van der Waals surface area contributed by atoms with Crippen molar-refractivity contribution in [3.63, 3.8) is 0 Å². The molecular formula is C12H19N3O3. The van der Waals surface area contributed by atoms with E-state index in [2.05, 4.69) is 6.58 Å². The molecule has 0 radical (unpaired) electrons. The minimum Gasteiger partial charge on any atom is -0.311 e. The van der Waals surface area contributed by atoms with E-state index in [1.54, 1.807) is 0 Å². The quantitative estimate of drug-likeness (QED) is 0.694. The van der Waals surface area contributed by atoms with Crippen LogP contribution in [0, 0.1) is 0 Å². The number of urea groups is 2. The van der Waals surface area contributed by atoms with Gasteiger partial charge < -0.3 is 4.90 Å². The molecule has 1 saturated heterocycles. The Morgan fingerprint density at radius 3 is 2.50 bits per heavy atom. The zero-order valence-electron chi connectivity index (χ0n) is 10.9. The van der Waals surface area contributed by atoms with Crippen LogP contribution in [0.3, 0.4) is 0 Å². The number of carbonyl (C=O) groups excluding carboxylic acids is 3. The Kier molecular flexibility index (Phi) is 4.88. The first-order chi connectivity index (χ1) is 8.52. The zero-order chi connectivity index (χ0) is 13.7. The smallest absolute Gasteiger partial charge is 0.311 e. The Morgan fingerprint density at radius 1 is 1.28 bits per heavy atom. The van der Waals surface area contributed by atoms with Gasteiger partial charge in [0.05, 0.1) is 0 Å². The fourth-order valence-corrected chi connectivity index (χ4v) is 1.73. The van der Waals surface area contributed by atoms with Gasteiger partial charge >= 0.3 is 12.1 Å². The third-order valence-corrected chi connectivity index (χ3v) is 2.79. The molecule has 100 valence electrons. The van der Waals surface area contributed by atoms with E-state index in [0.29, 0.717) is 6.54 Å². The van der Waals surface area contributed by atoms with Gasteiger partial charge in [0, 0.05) is 20.1 Å². The van der Waals surface area contributed by atoms with Crippen LogP contribution >= 0.6 is 0 Å². The summed E-state index contributed by atoms with van der Waals surface area (Å²) in [4.78, 5) is 39.3. The number of amides is 5. The molecule has 18 heavy (non-hydrogen) atoms. The van der Waals surface area contributed by atoms with Gasteiger partial charge in [-0.15, -0.1) is 6.58 Å². The summed E-state index contributed by atoms with van der Waals surface area (Å²) in [7, 11) is 1.39. The Morgan fingerprint density at radius 2 is 1.94 bits per heavy atom. The number of rotatable bonds is 5. The molecule has 6 heteroatoms. The van der Waals surface area contributed by atoms with Crippen molar-refractivity contribution >= 4 is 18.0 Å². The standard InChI is InChI=1S/C12H19N3O3/c1-4-6-8-15-10(16)9-14(7-5-2)11(17)13(3)12(15)18/h5H,2,4,6-9H2,1,3H3. The lowest BCUT2D eigenvalue weighted by Gasteiger charge is -2.21. The van der Waals surface area contributed by atoms with Crippen molar-refractivity contribution in [2.45, 2.75) is 19.8 Å². The van der Waals surface area contributed by atoms with Crippen molar-refractivity contribution in [2.75, 3.05) is 26.7 Å². The van der Waals surface area contributed by atoms with Crippen LogP contribution in [0.1, 0.15) is 19.8 Å². The summed E-state index contributed by atoms with van der Waals surface area (Å²) in [6.07, 6.45) is 3.15. The molecule has 0 atom stereocenters. The Labute approximate surface area is 107 Å². The first kappa shape index (κ1) is 14.2. The molecule has 1 heterocycles. The number of hydrogen-bond donors (Lipinski definition) is 0. The van der Waals surface area contributed by atoms with E-state index < -0.39 is 12.1 Å².